The second-order valence-electron chi connectivity index (χ2n) is 13.1. The van der Waals surface area contributed by atoms with Gasteiger partial charge in [0.2, 0.25) is 0 Å². The first-order chi connectivity index (χ1) is 24.0. The Morgan fingerprint density at radius 2 is 0.918 bits per heavy atom. The molecule has 0 amide bonds. The molecule has 6 aromatic carbocycles. The smallest absolute Gasteiger partial charge is 0.164 e. The lowest BCUT2D eigenvalue weighted by molar-refractivity contribution is 0.662. The van der Waals surface area contributed by atoms with Crippen LogP contribution in [0.5, 0.6) is 0 Å². The molecule has 49 heavy (non-hydrogen) atoms. The molecule has 0 saturated carbocycles. The summed E-state index contributed by atoms with van der Waals surface area (Å²) < 4.78 is 0. The number of benzene rings is 6. The van der Waals surface area contributed by atoms with E-state index in [2.05, 4.69) is 135 Å². The van der Waals surface area contributed by atoms with E-state index in [0.717, 1.165) is 44.4 Å². The fourth-order valence-corrected chi connectivity index (χ4v) is 7.29. The highest BCUT2D eigenvalue weighted by Gasteiger charge is 2.39. The lowest BCUT2D eigenvalue weighted by Gasteiger charge is -2.25. The Bertz CT molecular complexity index is 2500. The average molecular weight is 629 g/mol. The third-order valence-electron chi connectivity index (χ3n) is 9.70. The first-order valence-electron chi connectivity index (χ1n) is 16.7. The van der Waals surface area contributed by atoms with Gasteiger partial charge in [-0.15, -0.1) is 0 Å². The summed E-state index contributed by atoms with van der Waals surface area (Å²) in [7, 11) is 0. The number of hydrogen-bond donors (Lipinski definition) is 0. The summed E-state index contributed by atoms with van der Waals surface area (Å²) in [5.41, 5.74) is 13.1. The number of fused-ring (bicyclic) bond motifs is 4. The van der Waals surface area contributed by atoms with Gasteiger partial charge in [-0.3, -0.25) is 0 Å². The molecular formula is C45H32N4. The van der Waals surface area contributed by atoms with Crippen molar-refractivity contribution in [3.8, 4) is 67.7 Å². The van der Waals surface area contributed by atoms with E-state index in [1.165, 1.54) is 27.8 Å². The summed E-state index contributed by atoms with van der Waals surface area (Å²) in [5, 5.41) is 1.14. The van der Waals surface area contributed by atoms with E-state index in [4.69, 9.17) is 19.9 Å². The number of para-hydroxylation sites is 1. The van der Waals surface area contributed by atoms with Gasteiger partial charge < -0.3 is 0 Å². The van der Waals surface area contributed by atoms with E-state index in [1.807, 2.05) is 36.4 Å². The Hall–Kier alpha value is -6.26. The molecule has 0 saturated heterocycles. The number of pyridine rings is 1. The maximum absolute atomic E-state index is 5.24. The van der Waals surface area contributed by atoms with Gasteiger partial charge in [0.05, 0.1) is 11.2 Å². The Balaban J connectivity index is 1.22. The minimum absolute atomic E-state index is 0.221. The maximum atomic E-state index is 5.24. The third kappa shape index (κ3) is 4.92. The van der Waals surface area contributed by atoms with Crippen LogP contribution in [0.3, 0.4) is 0 Å². The van der Waals surface area contributed by atoms with Crippen molar-refractivity contribution in [3.63, 3.8) is 0 Å². The highest BCUT2D eigenvalue weighted by molar-refractivity contribution is 6.02. The normalized spacial score (nSPS) is 12.9. The molecule has 0 spiro atoms. The zero-order valence-corrected chi connectivity index (χ0v) is 27.3. The SMILES string of the molecule is CC1(C)c2ccccc2-c2nc3ccccc3c(-c3cccc(-c4nc(-c5ccccc5)nc(-c5ccc(-c6ccccc6)cc5)n4)c3)c21. The average Bonchev–Trinajstić information content (AvgIpc) is 3.40. The predicted molar refractivity (Wildman–Crippen MR) is 200 cm³/mol. The number of hydrogen-bond acceptors (Lipinski definition) is 4. The van der Waals surface area contributed by atoms with E-state index >= 15 is 0 Å². The molecule has 2 aromatic heterocycles. The van der Waals surface area contributed by atoms with Crippen molar-refractivity contribution < 1.29 is 0 Å². The predicted octanol–water partition coefficient (Wildman–Crippen LogP) is 11.1. The summed E-state index contributed by atoms with van der Waals surface area (Å²) in [6.07, 6.45) is 0. The van der Waals surface area contributed by atoms with Crippen LogP contribution in [-0.2, 0) is 5.41 Å². The molecule has 0 fully saturated rings. The third-order valence-corrected chi connectivity index (χ3v) is 9.70. The van der Waals surface area contributed by atoms with Crippen molar-refractivity contribution in [1.82, 2.24) is 19.9 Å². The Morgan fingerprint density at radius 3 is 1.65 bits per heavy atom. The minimum atomic E-state index is -0.221. The lowest BCUT2D eigenvalue weighted by Crippen LogP contribution is -2.16. The van der Waals surface area contributed by atoms with Crippen molar-refractivity contribution in [2.75, 3.05) is 0 Å². The molecule has 0 bridgehead atoms. The van der Waals surface area contributed by atoms with Gasteiger partial charge >= 0.3 is 0 Å². The van der Waals surface area contributed by atoms with Gasteiger partial charge in [-0.2, -0.15) is 0 Å². The zero-order chi connectivity index (χ0) is 33.0. The fraction of sp³-hybridized carbons (Fsp3) is 0.0667. The van der Waals surface area contributed by atoms with Gasteiger partial charge in [0.25, 0.3) is 0 Å². The van der Waals surface area contributed by atoms with Crippen LogP contribution < -0.4 is 0 Å². The van der Waals surface area contributed by atoms with Crippen LogP contribution in [0, 0.1) is 0 Å². The molecule has 2 heterocycles. The summed E-state index contributed by atoms with van der Waals surface area (Å²) in [6.45, 7) is 4.63. The van der Waals surface area contributed by atoms with Gasteiger partial charge in [0, 0.05) is 33.1 Å². The topological polar surface area (TPSA) is 51.6 Å². The van der Waals surface area contributed by atoms with Gasteiger partial charge in [-0.05, 0) is 45.5 Å². The standard InChI is InChI=1S/C45H32N4/c1-45(2)37-22-11-9-20-35(37)41-40(45)39(36-21-10-12-23-38(36)46-41)33-18-13-19-34(28-33)44-48-42(31-16-7-4-8-17-31)47-43(49-44)32-26-24-30(25-27-32)29-14-5-3-6-15-29/h3-28H,1-2H3. The second kappa shape index (κ2) is 11.5. The van der Waals surface area contributed by atoms with Crippen molar-refractivity contribution in [1.29, 1.82) is 0 Å². The number of nitrogens with zero attached hydrogens (tertiary/aromatic N) is 4. The molecule has 0 aliphatic heterocycles. The summed E-state index contributed by atoms with van der Waals surface area (Å²) in [4.78, 5) is 20.4. The first-order valence-corrected chi connectivity index (χ1v) is 16.7. The molecular weight excluding hydrogens is 597 g/mol. The Morgan fingerprint density at radius 1 is 0.408 bits per heavy atom. The van der Waals surface area contributed by atoms with E-state index in [0.29, 0.717) is 17.5 Å². The number of aromatic nitrogens is 4. The quantitative estimate of drug-likeness (QED) is 0.190. The monoisotopic (exact) mass is 628 g/mol. The molecule has 4 heteroatoms. The first kappa shape index (κ1) is 28.9. The summed E-state index contributed by atoms with van der Waals surface area (Å²) in [6, 6.07) is 54.8. The zero-order valence-electron chi connectivity index (χ0n) is 27.3. The molecule has 0 atom stereocenters. The van der Waals surface area contributed by atoms with Gasteiger partial charge in [-0.25, -0.2) is 19.9 Å². The minimum Gasteiger partial charge on any atom is -0.247 e. The lowest BCUT2D eigenvalue weighted by atomic mass is 9.78. The largest absolute Gasteiger partial charge is 0.247 e. The van der Waals surface area contributed by atoms with Crippen molar-refractivity contribution in [2.45, 2.75) is 19.3 Å². The van der Waals surface area contributed by atoms with Crippen LogP contribution in [0.1, 0.15) is 25.0 Å². The summed E-state index contributed by atoms with van der Waals surface area (Å²) >= 11 is 0. The van der Waals surface area contributed by atoms with Crippen molar-refractivity contribution >= 4 is 10.9 Å². The number of rotatable bonds is 5. The second-order valence-corrected chi connectivity index (χ2v) is 13.1. The van der Waals surface area contributed by atoms with E-state index in [-0.39, 0.29) is 5.41 Å². The van der Waals surface area contributed by atoms with E-state index in [9.17, 15) is 0 Å². The molecule has 1 aliphatic carbocycles. The van der Waals surface area contributed by atoms with Crippen LogP contribution in [0.4, 0.5) is 0 Å². The van der Waals surface area contributed by atoms with Gasteiger partial charge in [0.15, 0.2) is 17.5 Å². The molecule has 232 valence electrons. The highest BCUT2D eigenvalue weighted by Crippen LogP contribution is 2.53. The molecule has 4 nitrogen and oxygen atoms in total. The van der Waals surface area contributed by atoms with Gasteiger partial charge in [0.1, 0.15) is 0 Å². The maximum Gasteiger partial charge on any atom is 0.164 e. The molecule has 0 unspecified atom stereocenters. The molecule has 8 aromatic rings. The van der Waals surface area contributed by atoms with Gasteiger partial charge in [-0.1, -0.05) is 159 Å². The Labute approximate surface area is 285 Å². The van der Waals surface area contributed by atoms with Crippen LogP contribution in [0.25, 0.3) is 78.6 Å². The molecule has 1 aliphatic rings. The van der Waals surface area contributed by atoms with Crippen LogP contribution in [-0.4, -0.2) is 19.9 Å². The van der Waals surface area contributed by atoms with Crippen molar-refractivity contribution in [2.24, 2.45) is 0 Å². The van der Waals surface area contributed by atoms with Crippen LogP contribution in [0.2, 0.25) is 0 Å². The van der Waals surface area contributed by atoms with E-state index < -0.39 is 0 Å². The van der Waals surface area contributed by atoms with Crippen molar-refractivity contribution in [3.05, 3.63) is 169 Å². The summed E-state index contributed by atoms with van der Waals surface area (Å²) in [5.74, 6) is 1.92. The molecule has 9 rings (SSSR count). The molecule has 0 N–H and O–H groups in total. The highest BCUT2D eigenvalue weighted by atomic mass is 15.0. The molecule has 0 radical (unpaired) electrons. The fourth-order valence-electron chi connectivity index (χ4n) is 7.29. The van der Waals surface area contributed by atoms with Crippen LogP contribution in [0.15, 0.2) is 158 Å². The van der Waals surface area contributed by atoms with Crippen LogP contribution >= 0.6 is 0 Å². The Kier molecular flexibility index (Phi) is 6.77. The van der Waals surface area contributed by atoms with E-state index in [1.54, 1.807) is 0 Å².